The van der Waals surface area contributed by atoms with Gasteiger partial charge in [-0.2, -0.15) is 0 Å². The molecule has 0 aliphatic heterocycles. The smallest absolute Gasteiger partial charge is 0.0180 e. The summed E-state index contributed by atoms with van der Waals surface area (Å²) in [6.45, 7) is 5.00. The highest BCUT2D eigenvalue weighted by Crippen LogP contribution is 2.12. The first kappa shape index (κ1) is 12.5. The van der Waals surface area contributed by atoms with Crippen LogP contribution in [0, 0.1) is 0 Å². The van der Waals surface area contributed by atoms with Crippen molar-refractivity contribution < 1.29 is 0 Å². The van der Waals surface area contributed by atoms with Crippen molar-refractivity contribution in [3.63, 3.8) is 0 Å². The Balaban J connectivity index is 0.00000144. The Kier molecular flexibility index (Phi) is 5.76. The van der Waals surface area contributed by atoms with Gasteiger partial charge < -0.3 is 5.73 Å². The van der Waals surface area contributed by atoms with Crippen LogP contribution in [0.2, 0.25) is 0 Å². The van der Waals surface area contributed by atoms with Crippen molar-refractivity contribution in [1.82, 2.24) is 0 Å². The fourth-order valence-electron chi connectivity index (χ4n) is 1.43. The Morgan fingerprint density at radius 1 is 1.08 bits per heavy atom. The monoisotopic (exact) mass is 199 g/mol. The number of nitrogens with two attached hydrogens (primary N) is 1. The second kappa shape index (κ2) is 6.01. The van der Waals surface area contributed by atoms with Gasteiger partial charge in [0.1, 0.15) is 0 Å². The molecule has 0 bridgehead atoms. The van der Waals surface area contributed by atoms with Crippen LogP contribution in [0.25, 0.3) is 0 Å². The number of benzene rings is 1. The molecule has 0 aromatic heterocycles. The topological polar surface area (TPSA) is 26.0 Å². The summed E-state index contributed by atoms with van der Waals surface area (Å²) >= 11 is 0. The van der Waals surface area contributed by atoms with E-state index in [2.05, 4.69) is 32.0 Å². The number of hydrogen-bond acceptors (Lipinski definition) is 1. The molecule has 0 radical (unpaired) electrons. The molecule has 2 heteroatoms. The minimum atomic E-state index is 0. The summed E-state index contributed by atoms with van der Waals surface area (Å²) in [6.07, 6.45) is 2.17. The zero-order valence-electron chi connectivity index (χ0n) is 8.34. The van der Waals surface area contributed by atoms with E-state index < -0.39 is 0 Å². The highest BCUT2D eigenvalue weighted by Gasteiger charge is 1.98. The van der Waals surface area contributed by atoms with Crippen molar-refractivity contribution in [1.29, 1.82) is 0 Å². The molecule has 0 aliphatic rings. The largest absolute Gasteiger partial charge is 0.326 e. The average Bonchev–Trinajstić information content (AvgIpc) is 2.16. The highest BCUT2D eigenvalue weighted by molar-refractivity contribution is 5.85. The van der Waals surface area contributed by atoms with Gasteiger partial charge in [-0.25, -0.2) is 0 Å². The third kappa shape index (κ3) is 3.02. The molecule has 0 saturated carbocycles. The molecule has 0 aliphatic carbocycles. The minimum Gasteiger partial charge on any atom is -0.326 e. The lowest BCUT2D eigenvalue weighted by molar-refractivity contribution is 0.987. The summed E-state index contributed by atoms with van der Waals surface area (Å²) in [4.78, 5) is 0. The van der Waals surface area contributed by atoms with E-state index in [0.717, 1.165) is 12.8 Å². The second-order valence-electron chi connectivity index (χ2n) is 3.01. The van der Waals surface area contributed by atoms with E-state index >= 15 is 0 Å². The first-order chi connectivity index (χ1) is 5.81. The van der Waals surface area contributed by atoms with Crippen molar-refractivity contribution >= 4 is 12.4 Å². The maximum absolute atomic E-state index is 5.65. The molecule has 0 atom stereocenters. The zero-order chi connectivity index (χ0) is 8.97. The van der Waals surface area contributed by atoms with Gasteiger partial charge in [-0.3, -0.25) is 0 Å². The predicted octanol–water partition coefficient (Wildman–Crippen LogP) is 2.69. The van der Waals surface area contributed by atoms with Crippen molar-refractivity contribution in [3.8, 4) is 0 Å². The average molecular weight is 200 g/mol. The van der Waals surface area contributed by atoms with E-state index in [9.17, 15) is 0 Å². The SMILES string of the molecule is CCc1ccc(CC)c(CN)c1.Cl. The summed E-state index contributed by atoms with van der Waals surface area (Å²) in [6, 6.07) is 6.61. The summed E-state index contributed by atoms with van der Waals surface area (Å²) in [7, 11) is 0. The van der Waals surface area contributed by atoms with Crippen molar-refractivity contribution in [2.24, 2.45) is 5.73 Å². The molecular formula is C11H18ClN. The van der Waals surface area contributed by atoms with E-state index in [1.165, 1.54) is 16.7 Å². The summed E-state index contributed by atoms with van der Waals surface area (Å²) in [5.74, 6) is 0. The molecule has 1 rings (SSSR count). The lowest BCUT2D eigenvalue weighted by Gasteiger charge is -2.06. The second-order valence-corrected chi connectivity index (χ2v) is 3.01. The van der Waals surface area contributed by atoms with Crippen LogP contribution in [0.4, 0.5) is 0 Å². The molecule has 1 aromatic rings. The van der Waals surface area contributed by atoms with Gasteiger partial charge in [0.15, 0.2) is 0 Å². The Hall–Kier alpha value is -0.530. The first-order valence-electron chi connectivity index (χ1n) is 4.62. The van der Waals surface area contributed by atoms with Gasteiger partial charge in [0.05, 0.1) is 0 Å². The molecule has 2 N–H and O–H groups in total. The van der Waals surface area contributed by atoms with Gasteiger partial charge in [-0.15, -0.1) is 12.4 Å². The Labute approximate surface area is 86.7 Å². The summed E-state index contributed by atoms with van der Waals surface area (Å²) in [5.41, 5.74) is 9.72. The standard InChI is InChI=1S/C11H17N.ClH/c1-3-9-5-6-10(4-2)11(7-9)8-12;/h5-7H,3-4,8,12H2,1-2H3;1H. The van der Waals surface area contributed by atoms with Crippen LogP contribution in [-0.4, -0.2) is 0 Å². The molecule has 0 amide bonds. The van der Waals surface area contributed by atoms with Crippen LogP contribution in [0.15, 0.2) is 18.2 Å². The molecule has 0 unspecified atom stereocenters. The van der Waals surface area contributed by atoms with Crippen LogP contribution >= 0.6 is 12.4 Å². The van der Waals surface area contributed by atoms with Gasteiger partial charge in [-0.05, 0) is 29.5 Å². The van der Waals surface area contributed by atoms with Crippen molar-refractivity contribution in [3.05, 3.63) is 34.9 Å². The molecule has 0 fully saturated rings. The van der Waals surface area contributed by atoms with Crippen molar-refractivity contribution in [2.75, 3.05) is 0 Å². The Bertz CT molecular complexity index is 258. The number of halogens is 1. The van der Waals surface area contributed by atoms with E-state index in [-0.39, 0.29) is 12.4 Å². The van der Waals surface area contributed by atoms with Gasteiger partial charge in [0, 0.05) is 6.54 Å². The van der Waals surface area contributed by atoms with E-state index in [0.29, 0.717) is 6.54 Å². The van der Waals surface area contributed by atoms with E-state index in [4.69, 9.17) is 5.73 Å². The van der Waals surface area contributed by atoms with Gasteiger partial charge >= 0.3 is 0 Å². The fraction of sp³-hybridized carbons (Fsp3) is 0.455. The summed E-state index contributed by atoms with van der Waals surface area (Å²) in [5, 5.41) is 0. The van der Waals surface area contributed by atoms with Crippen LogP contribution in [0.3, 0.4) is 0 Å². The summed E-state index contributed by atoms with van der Waals surface area (Å²) < 4.78 is 0. The van der Waals surface area contributed by atoms with Gasteiger partial charge in [0.25, 0.3) is 0 Å². The van der Waals surface area contributed by atoms with Crippen LogP contribution < -0.4 is 5.73 Å². The molecule has 13 heavy (non-hydrogen) atoms. The molecule has 0 saturated heterocycles. The lowest BCUT2D eigenvalue weighted by atomic mass is 10.0. The van der Waals surface area contributed by atoms with Gasteiger partial charge in [0.2, 0.25) is 0 Å². The number of hydrogen-bond donors (Lipinski definition) is 1. The fourth-order valence-corrected chi connectivity index (χ4v) is 1.43. The quantitative estimate of drug-likeness (QED) is 0.796. The Morgan fingerprint density at radius 2 is 1.77 bits per heavy atom. The van der Waals surface area contributed by atoms with E-state index in [1.54, 1.807) is 0 Å². The van der Waals surface area contributed by atoms with Gasteiger partial charge in [-0.1, -0.05) is 32.0 Å². The molecule has 1 aromatic carbocycles. The zero-order valence-corrected chi connectivity index (χ0v) is 9.16. The molecule has 1 nitrogen and oxygen atoms in total. The number of aryl methyl sites for hydroxylation is 2. The maximum atomic E-state index is 5.65. The molecule has 0 heterocycles. The molecule has 0 spiro atoms. The van der Waals surface area contributed by atoms with Crippen LogP contribution in [0.1, 0.15) is 30.5 Å². The highest BCUT2D eigenvalue weighted by atomic mass is 35.5. The molecular weight excluding hydrogens is 182 g/mol. The first-order valence-corrected chi connectivity index (χ1v) is 4.62. The third-order valence-electron chi connectivity index (χ3n) is 2.28. The predicted molar refractivity (Wildman–Crippen MR) is 60.3 cm³/mol. The number of rotatable bonds is 3. The maximum Gasteiger partial charge on any atom is 0.0180 e. The lowest BCUT2D eigenvalue weighted by Crippen LogP contribution is -2.01. The third-order valence-corrected chi connectivity index (χ3v) is 2.28. The molecule has 74 valence electrons. The van der Waals surface area contributed by atoms with Crippen LogP contribution in [-0.2, 0) is 19.4 Å². The van der Waals surface area contributed by atoms with E-state index in [1.807, 2.05) is 0 Å². The normalized spacial score (nSPS) is 9.46. The van der Waals surface area contributed by atoms with Crippen molar-refractivity contribution in [2.45, 2.75) is 33.2 Å². The minimum absolute atomic E-state index is 0. The Morgan fingerprint density at radius 3 is 2.23 bits per heavy atom. The van der Waals surface area contributed by atoms with Crippen LogP contribution in [0.5, 0.6) is 0 Å².